The Balaban J connectivity index is 2.17. The van der Waals surface area contributed by atoms with Crippen molar-refractivity contribution in [2.75, 3.05) is 19.8 Å². The second-order valence-corrected chi connectivity index (χ2v) is 5.58. The zero-order valence-corrected chi connectivity index (χ0v) is 12.2. The number of benzene rings is 1. The van der Waals surface area contributed by atoms with E-state index in [4.69, 9.17) is 4.74 Å². The van der Waals surface area contributed by atoms with Crippen LogP contribution in [0.1, 0.15) is 31.4 Å². The fourth-order valence-electron chi connectivity index (χ4n) is 2.38. The van der Waals surface area contributed by atoms with E-state index in [9.17, 15) is 4.39 Å². The molecule has 2 rings (SSSR count). The van der Waals surface area contributed by atoms with Crippen LogP contribution < -0.4 is 5.32 Å². The lowest BCUT2D eigenvalue weighted by molar-refractivity contribution is 0.176. The minimum atomic E-state index is -0.199. The van der Waals surface area contributed by atoms with Crippen molar-refractivity contribution in [1.82, 2.24) is 5.32 Å². The molecule has 1 aliphatic heterocycles. The Morgan fingerprint density at radius 3 is 3.00 bits per heavy atom. The summed E-state index contributed by atoms with van der Waals surface area (Å²) >= 11 is 3.19. The summed E-state index contributed by atoms with van der Waals surface area (Å²) < 4.78 is 19.6. The Labute approximate surface area is 116 Å². The number of hydrogen-bond donors (Lipinski definition) is 1. The number of hydrogen-bond acceptors (Lipinski definition) is 2. The van der Waals surface area contributed by atoms with Gasteiger partial charge in [-0.25, -0.2) is 4.39 Å². The highest BCUT2D eigenvalue weighted by Gasteiger charge is 2.26. The normalized spacial score (nSPS) is 21.2. The lowest BCUT2D eigenvalue weighted by Gasteiger charge is -2.24. The molecule has 1 fully saturated rings. The molecule has 1 aliphatic rings. The third-order valence-electron chi connectivity index (χ3n) is 3.35. The maximum atomic E-state index is 13.6. The third-order valence-corrected chi connectivity index (χ3v) is 4.00. The van der Waals surface area contributed by atoms with Crippen LogP contribution in [0.2, 0.25) is 0 Å². The van der Waals surface area contributed by atoms with Crippen molar-refractivity contribution >= 4 is 15.9 Å². The standard InChI is InChI=1S/C14H19BrFNO/c1-2-6-17-14(11-5-7-18-9-11)10-3-4-12(15)13(16)8-10/h3-4,8,11,14,17H,2,5-7,9H2,1H3. The van der Waals surface area contributed by atoms with Crippen molar-refractivity contribution in [3.63, 3.8) is 0 Å². The second kappa shape index (κ2) is 6.64. The van der Waals surface area contributed by atoms with Gasteiger partial charge in [0.05, 0.1) is 11.1 Å². The van der Waals surface area contributed by atoms with E-state index in [2.05, 4.69) is 28.2 Å². The molecule has 1 N–H and O–H groups in total. The highest BCUT2D eigenvalue weighted by molar-refractivity contribution is 9.10. The minimum Gasteiger partial charge on any atom is -0.381 e. The number of nitrogens with one attached hydrogen (secondary N) is 1. The van der Waals surface area contributed by atoms with Crippen molar-refractivity contribution in [3.8, 4) is 0 Å². The first-order valence-electron chi connectivity index (χ1n) is 6.48. The van der Waals surface area contributed by atoms with Crippen molar-refractivity contribution in [1.29, 1.82) is 0 Å². The van der Waals surface area contributed by atoms with Crippen molar-refractivity contribution < 1.29 is 9.13 Å². The largest absolute Gasteiger partial charge is 0.381 e. The number of ether oxygens (including phenoxy) is 1. The second-order valence-electron chi connectivity index (χ2n) is 4.73. The monoisotopic (exact) mass is 315 g/mol. The van der Waals surface area contributed by atoms with Gasteiger partial charge in [-0.2, -0.15) is 0 Å². The molecule has 2 unspecified atom stereocenters. The first kappa shape index (κ1) is 14.0. The molecule has 1 aromatic rings. The smallest absolute Gasteiger partial charge is 0.137 e. The average Bonchev–Trinajstić information content (AvgIpc) is 2.88. The van der Waals surface area contributed by atoms with Crippen LogP contribution in [0.4, 0.5) is 4.39 Å². The zero-order valence-electron chi connectivity index (χ0n) is 10.6. The fourth-order valence-corrected chi connectivity index (χ4v) is 2.62. The van der Waals surface area contributed by atoms with Gasteiger partial charge in [0.1, 0.15) is 5.82 Å². The van der Waals surface area contributed by atoms with E-state index >= 15 is 0 Å². The van der Waals surface area contributed by atoms with E-state index in [1.165, 1.54) is 0 Å². The summed E-state index contributed by atoms with van der Waals surface area (Å²) in [6.45, 7) is 4.66. The first-order valence-corrected chi connectivity index (χ1v) is 7.27. The average molecular weight is 316 g/mol. The van der Waals surface area contributed by atoms with Crippen molar-refractivity contribution in [2.24, 2.45) is 5.92 Å². The molecule has 0 spiro atoms. The lowest BCUT2D eigenvalue weighted by atomic mass is 9.92. The van der Waals surface area contributed by atoms with Gasteiger partial charge in [-0.3, -0.25) is 0 Å². The number of halogens is 2. The highest BCUT2D eigenvalue weighted by atomic mass is 79.9. The lowest BCUT2D eigenvalue weighted by Crippen LogP contribution is -2.29. The molecule has 1 saturated heterocycles. The van der Waals surface area contributed by atoms with Crippen LogP contribution in [0.25, 0.3) is 0 Å². The summed E-state index contributed by atoms with van der Waals surface area (Å²) in [5.74, 6) is 0.242. The minimum absolute atomic E-state index is 0.190. The molecule has 2 atom stereocenters. The van der Waals surface area contributed by atoms with Gasteiger partial charge in [-0.05, 0) is 53.0 Å². The Morgan fingerprint density at radius 1 is 1.56 bits per heavy atom. The van der Waals surface area contributed by atoms with E-state index in [0.717, 1.165) is 38.2 Å². The predicted molar refractivity (Wildman–Crippen MR) is 74.1 cm³/mol. The molecular weight excluding hydrogens is 297 g/mol. The molecule has 0 amide bonds. The molecule has 0 bridgehead atoms. The van der Waals surface area contributed by atoms with Crippen LogP contribution >= 0.6 is 15.9 Å². The topological polar surface area (TPSA) is 21.3 Å². The van der Waals surface area contributed by atoms with Crippen LogP contribution in [0.3, 0.4) is 0 Å². The van der Waals surface area contributed by atoms with Crippen LogP contribution in [0.5, 0.6) is 0 Å². The summed E-state index contributed by atoms with van der Waals surface area (Å²) in [7, 11) is 0. The van der Waals surface area contributed by atoms with Gasteiger partial charge >= 0.3 is 0 Å². The molecule has 1 heterocycles. The molecule has 2 nitrogen and oxygen atoms in total. The molecule has 0 aliphatic carbocycles. The molecule has 0 aromatic heterocycles. The fraction of sp³-hybridized carbons (Fsp3) is 0.571. The number of rotatable bonds is 5. The summed E-state index contributed by atoms with van der Waals surface area (Å²) in [4.78, 5) is 0. The molecule has 4 heteroatoms. The summed E-state index contributed by atoms with van der Waals surface area (Å²) in [5, 5.41) is 3.51. The Bertz CT molecular complexity index is 393. The molecule has 1 aromatic carbocycles. The van der Waals surface area contributed by atoms with Gasteiger partial charge in [-0.1, -0.05) is 13.0 Å². The molecule has 18 heavy (non-hydrogen) atoms. The van der Waals surface area contributed by atoms with Crippen molar-refractivity contribution in [3.05, 3.63) is 34.1 Å². The van der Waals surface area contributed by atoms with Crippen LogP contribution in [-0.4, -0.2) is 19.8 Å². The SMILES string of the molecule is CCCNC(c1ccc(Br)c(F)c1)C1CCOC1. The molecule has 0 saturated carbocycles. The van der Waals surface area contributed by atoms with E-state index < -0.39 is 0 Å². The molecule has 100 valence electrons. The van der Waals surface area contributed by atoms with Crippen molar-refractivity contribution in [2.45, 2.75) is 25.8 Å². The van der Waals surface area contributed by atoms with Gasteiger partial charge in [-0.15, -0.1) is 0 Å². The highest BCUT2D eigenvalue weighted by Crippen LogP contribution is 2.30. The van der Waals surface area contributed by atoms with Gasteiger partial charge in [0.2, 0.25) is 0 Å². The van der Waals surface area contributed by atoms with E-state index in [-0.39, 0.29) is 11.9 Å². The molecule has 0 radical (unpaired) electrons. The van der Waals surface area contributed by atoms with Gasteiger partial charge in [0, 0.05) is 18.6 Å². The predicted octanol–water partition coefficient (Wildman–Crippen LogP) is 3.67. The Hall–Kier alpha value is -0.450. The molecular formula is C14H19BrFNO. The zero-order chi connectivity index (χ0) is 13.0. The van der Waals surface area contributed by atoms with E-state index in [0.29, 0.717) is 10.4 Å². The Morgan fingerprint density at radius 2 is 2.39 bits per heavy atom. The quantitative estimate of drug-likeness (QED) is 0.895. The van der Waals surface area contributed by atoms with E-state index in [1.807, 2.05) is 6.07 Å². The van der Waals surface area contributed by atoms with E-state index in [1.54, 1.807) is 12.1 Å². The van der Waals surface area contributed by atoms with Crippen LogP contribution in [0.15, 0.2) is 22.7 Å². The summed E-state index contributed by atoms with van der Waals surface area (Å²) in [6.07, 6.45) is 2.11. The summed E-state index contributed by atoms with van der Waals surface area (Å²) in [6, 6.07) is 5.57. The first-order chi connectivity index (χ1) is 8.72. The van der Waals surface area contributed by atoms with Gasteiger partial charge in [0.15, 0.2) is 0 Å². The van der Waals surface area contributed by atoms with Gasteiger partial charge < -0.3 is 10.1 Å². The maximum Gasteiger partial charge on any atom is 0.137 e. The third kappa shape index (κ3) is 3.31. The van der Waals surface area contributed by atoms with Crippen LogP contribution in [0, 0.1) is 11.7 Å². The van der Waals surface area contributed by atoms with Crippen LogP contribution in [-0.2, 0) is 4.74 Å². The Kier molecular flexibility index (Phi) is 5.15. The summed E-state index contributed by atoms with van der Waals surface area (Å²) in [5.41, 5.74) is 1.01. The maximum absolute atomic E-state index is 13.6. The van der Waals surface area contributed by atoms with Gasteiger partial charge in [0.25, 0.3) is 0 Å².